The fraction of sp³-hybridized carbons (Fsp3) is 0.600. The van der Waals surface area contributed by atoms with Gasteiger partial charge in [0.05, 0.1) is 27.4 Å². The summed E-state index contributed by atoms with van der Waals surface area (Å²) in [5, 5.41) is 3.20. The number of ether oxygens (including phenoxy) is 2. The van der Waals surface area contributed by atoms with E-state index in [-0.39, 0.29) is 19.8 Å². The second kappa shape index (κ2) is 12.0. The average Bonchev–Trinajstić information content (AvgIpc) is 2.69. The molecule has 1 aromatic rings. The van der Waals surface area contributed by atoms with E-state index in [1.54, 1.807) is 39.8 Å². The molecular formula is C20H31BrNO7P. The Morgan fingerprint density at radius 3 is 1.90 bits per heavy atom. The third-order valence-electron chi connectivity index (χ3n) is 4.53. The number of hydrogen-bond donors (Lipinski definition) is 1. The van der Waals surface area contributed by atoms with Crippen molar-refractivity contribution < 1.29 is 32.7 Å². The number of halogens is 1. The van der Waals surface area contributed by atoms with E-state index >= 15 is 0 Å². The molecule has 8 nitrogen and oxygen atoms in total. The first-order valence-electron chi connectivity index (χ1n) is 9.59. The molecule has 0 saturated carbocycles. The minimum absolute atomic E-state index is 0.132. The van der Waals surface area contributed by atoms with Crippen molar-refractivity contribution >= 4 is 35.5 Å². The third kappa shape index (κ3) is 6.89. The number of carbonyl (C=O) groups is 2. The van der Waals surface area contributed by atoms with Crippen LogP contribution in [0.4, 0.5) is 0 Å². The predicted octanol–water partition coefficient (Wildman–Crippen LogP) is 4.29. The largest absolute Gasteiger partial charge is 0.468 e. The second-order valence-corrected chi connectivity index (χ2v) is 10.2. The van der Waals surface area contributed by atoms with Gasteiger partial charge in [0.2, 0.25) is 0 Å². The molecule has 0 fully saturated rings. The summed E-state index contributed by atoms with van der Waals surface area (Å²) in [4.78, 5) is 24.5. The molecule has 0 bridgehead atoms. The van der Waals surface area contributed by atoms with Crippen LogP contribution in [0.25, 0.3) is 0 Å². The Labute approximate surface area is 186 Å². The lowest BCUT2D eigenvalue weighted by molar-refractivity contribution is -0.164. The molecule has 10 heteroatoms. The van der Waals surface area contributed by atoms with Crippen molar-refractivity contribution in [1.82, 2.24) is 5.32 Å². The number of hydrogen-bond acceptors (Lipinski definition) is 8. The van der Waals surface area contributed by atoms with Gasteiger partial charge in [-0.3, -0.25) is 19.5 Å². The molecule has 0 saturated heterocycles. The van der Waals surface area contributed by atoms with Crippen LogP contribution in [-0.4, -0.2) is 45.9 Å². The van der Waals surface area contributed by atoms with E-state index in [2.05, 4.69) is 21.2 Å². The van der Waals surface area contributed by atoms with Crippen LogP contribution in [0.3, 0.4) is 0 Å². The molecular weight excluding hydrogens is 477 g/mol. The summed E-state index contributed by atoms with van der Waals surface area (Å²) < 4.78 is 35.1. The normalized spacial score (nSPS) is 13.2. The van der Waals surface area contributed by atoms with Gasteiger partial charge in [0, 0.05) is 16.4 Å². The standard InChI is InChI=1S/C20H31BrNO7P/c1-7-28-30(25,29-8-2)17(14-9-11-15(21)12-10-14)22-13-20(3,4)16(18(23)26-5)19(24)27-6/h9-12,16-17,22H,7-8,13H2,1-6H3. The highest BCUT2D eigenvalue weighted by Gasteiger charge is 2.45. The Hall–Kier alpha value is -1.25. The molecule has 30 heavy (non-hydrogen) atoms. The van der Waals surface area contributed by atoms with Gasteiger partial charge >= 0.3 is 19.5 Å². The molecule has 0 aliphatic carbocycles. The van der Waals surface area contributed by atoms with Crippen LogP contribution in [0.2, 0.25) is 0 Å². The second-order valence-electron chi connectivity index (χ2n) is 7.18. The van der Waals surface area contributed by atoms with Crippen LogP contribution >= 0.6 is 23.5 Å². The van der Waals surface area contributed by atoms with Crippen molar-refractivity contribution in [2.75, 3.05) is 34.0 Å². The minimum atomic E-state index is -3.60. The Kier molecular flexibility index (Phi) is 10.7. The number of benzene rings is 1. The number of carbonyl (C=O) groups excluding carboxylic acids is 2. The van der Waals surface area contributed by atoms with Gasteiger partial charge in [0.25, 0.3) is 0 Å². The Morgan fingerprint density at radius 2 is 1.50 bits per heavy atom. The molecule has 1 rings (SSSR count). The maximum atomic E-state index is 13.6. The Morgan fingerprint density at radius 1 is 1.03 bits per heavy atom. The van der Waals surface area contributed by atoms with Crippen LogP contribution in [0.5, 0.6) is 0 Å². The number of esters is 2. The molecule has 0 spiro atoms. The van der Waals surface area contributed by atoms with E-state index in [4.69, 9.17) is 18.5 Å². The number of nitrogens with one attached hydrogen (secondary N) is 1. The van der Waals surface area contributed by atoms with Crippen molar-refractivity contribution in [3.63, 3.8) is 0 Å². The topological polar surface area (TPSA) is 100 Å². The Balaban J connectivity index is 3.29. The van der Waals surface area contributed by atoms with Gasteiger partial charge in [-0.15, -0.1) is 0 Å². The summed E-state index contributed by atoms with van der Waals surface area (Å²) in [5.41, 5.74) is -0.233. The van der Waals surface area contributed by atoms with Gasteiger partial charge in [-0.2, -0.15) is 0 Å². The molecule has 1 aromatic carbocycles. The van der Waals surface area contributed by atoms with Gasteiger partial charge < -0.3 is 18.5 Å². The van der Waals surface area contributed by atoms with E-state index in [9.17, 15) is 14.2 Å². The van der Waals surface area contributed by atoms with E-state index in [0.717, 1.165) is 4.47 Å². The number of methoxy groups -OCH3 is 2. The van der Waals surface area contributed by atoms with Crippen LogP contribution in [0, 0.1) is 11.3 Å². The number of rotatable bonds is 12. The first-order valence-corrected chi connectivity index (χ1v) is 12.0. The van der Waals surface area contributed by atoms with Crippen LogP contribution < -0.4 is 5.32 Å². The van der Waals surface area contributed by atoms with Gasteiger partial charge in [-0.05, 0) is 31.5 Å². The fourth-order valence-corrected chi connectivity index (χ4v) is 5.24. The van der Waals surface area contributed by atoms with Crippen LogP contribution in [-0.2, 0) is 32.7 Å². The van der Waals surface area contributed by atoms with E-state index in [0.29, 0.717) is 5.56 Å². The van der Waals surface area contributed by atoms with Crippen molar-refractivity contribution in [3.05, 3.63) is 34.3 Å². The molecule has 0 aliphatic heterocycles. The van der Waals surface area contributed by atoms with Crippen molar-refractivity contribution in [3.8, 4) is 0 Å². The van der Waals surface area contributed by atoms with Gasteiger partial charge in [-0.25, -0.2) is 0 Å². The van der Waals surface area contributed by atoms with Gasteiger partial charge in [0.1, 0.15) is 5.78 Å². The quantitative estimate of drug-likeness (QED) is 0.254. The third-order valence-corrected chi connectivity index (χ3v) is 7.40. The highest BCUT2D eigenvalue weighted by atomic mass is 79.9. The molecule has 170 valence electrons. The zero-order chi connectivity index (χ0) is 22.9. The maximum Gasteiger partial charge on any atom is 0.351 e. The maximum absolute atomic E-state index is 13.6. The summed E-state index contributed by atoms with van der Waals surface area (Å²) in [6, 6.07) is 7.25. The minimum Gasteiger partial charge on any atom is -0.468 e. The van der Waals surface area contributed by atoms with E-state index in [1.807, 2.05) is 12.1 Å². The highest BCUT2D eigenvalue weighted by Crippen LogP contribution is 2.59. The zero-order valence-corrected chi connectivity index (χ0v) is 20.7. The zero-order valence-electron chi connectivity index (χ0n) is 18.3. The average molecular weight is 508 g/mol. The highest BCUT2D eigenvalue weighted by molar-refractivity contribution is 9.10. The summed E-state index contributed by atoms with van der Waals surface area (Å²) >= 11 is 3.39. The van der Waals surface area contributed by atoms with Crippen molar-refractivity contribution in [1.29, 1.82) is 0 Å². The molecule has 1 N–H and O–H groups in total. The Bertz CT molecular complexity index is 728. The summed E-state index contributed by atoms with van der Waals surface area (Å²) in [6.45, 7) is 7.45. The molecule has 1 unspecified atom stereocenters. The van der Waals surface area contributed by atoms with Crippen molar-refractivity contribution in [2.24, 2.45) is 11.3 Å². The van der Waals surface area contributed by atoms with Gasteiger partial charge in [-0.1, -0.05) is 41.9 Å². The van der Waals surface area contributed by atoms with Crippen LogP contribution in [0.15, 0.2) is 28.7 Å². The molecule has 1 atom stereocenters. The molecule has 0 aliphatic rings. The van der Waals surface area contributed by atoms with E-state index < -0.39 is 36.7 Å². The SMILES string of the molecule is CCOP(=O)(OCC)C(NCC(C)(C)C(C(=O)OC)C(=O)OC)c1ccc(Br)cc1. The first-order chi connectivity index (χ1) is 14.1. The first kappa shape index (κ1) is 26.8. The molecule has 0 heterocycles. The van der Waals surface area contributed by atoms with E-state index in [1.165, 1.54) is 14.2 Å². The van der Waals surface area contributed by atoms with Gasteiger partial charge in [0.15, 0.2) is 5.92 Å². The molecule has 0 amide bonds. The van der Waals surface area contributed by atoms with Crippen LogP contribution in [0.1, 0.15) is 39.0 Å². The predicted molar refractivity (Wildman–Crippen MR) is 117 cm³/mol. The smallest absolute Gasteiger partial charge is 0.351 e. The monoisotopic (exact) mass is 507 g/mol. The fourth-order valence-electron chi connectivity index (χ4n) is 3.04. The summed E-state index contributed by atoms with van der Waals surface area (Å²) in [5.74, 6) is -3.37. The molecule has 0 aromatic heterocycles. The van der Waals surface area contributed by atoms with Crippen molar-refractivity contribution in [2.45, 2.75) is 33.5 Å². The lowest BCUT2D eigenvalue weighted by atomic mass is 9.78. The summed E-state index contributed by atoms with van der Waals surface area (Å²) in [7, 11) is -1.18. The lowest BCUT2D eigenvalue weighted by Gasteiger charge is -2.34. The summed E-state index contributed by atoms with van der Waals surface area (Å²) in [6.07, 6.45) is 0. The molecule has 0 radical (unpaired) electrons. The lowest BCUT2D eigenvalue weighted by Crippen LogP contribution is -2.45.